The van der Waals surface area contributed by atoms with E-state index < -0.39 is 0 Å². The lowest BCUT2D eigenvalue weighted by atomic mass is 9.90. The molecule has 1 amide bonds. The zero-order chi connectivity index (χ0) is 14.8. The molecule has 0 spiro atoms. The molecule has 2 aromatic heterocycles. The van der Waals surface area contributed by atoms with Crippen LogP contribution in [0.4, 0.5) is 5.69 Å². The number of pyridine rings is 1. The van der Waals surface area contributed by atoms with E-state index in [1.165, 1.54) is 11.3 Å². The third-order valence-electron chi connectivity index (χ3n) is 4.10. The fourth-order valence-corrected chi connectivity index (χ4v) is 3.41. The monoisotopic (exact) mass is 291 g/mol. The molecule has 2 aromatic rings. The minimum absolute atomic E-state index is 0.0870. The van der Waals surface area contributed by atoms with Crippen LogP contribution in [0.25, 0.3) is 10.2 Å². The van der Waals surface area contributed by atoms with Crippen LogP contribution in [-0.4, -0.2) is 16.4 Å². The van der Waals surface area contributed by atoms with Crippen LogP contribution >= 0.6 is 11.3 Å². The molecule has 0 aliphatic rings. The standard InChI is InChI=1S/C15H21N3OS/c1-4-15(5-2,6-3)18-14(19)13-11(16)12-10(20-13)8-7-9-17-12/h7-9H,4-6,16H2,1-3H3,(H,18,19). The third-order valence-corrected chi connectivity index (χ3v) is 5.26. The van der Waals surface area contributed by atoms with Crippen LogP contribution in [0.1, 0.15) is 49.7 Å². The van der Waals surface area contributed by atoms with Crippen LogP contribution in [-0.2, 0) is 0 Å². The highest BCUT2D eigenvalue weighted by atomic mass is 32.1. The molecule has 0 bridgehead atoms. The van der Waals surface area contributed by atoms with Gasteiger partial charge in [0.15, 0.2) is 0 Å². The quantitative estimate of drug-likeness (QED) is 0.884. The van der Waals surface area contributed by atoms with E-state index in [1.54, 1.807) is 6.20 Å². The fraction of sp³-hybridized carbons (Fsp3) is 0.467. The second-order valence-electron chi connectivity index (χ2n) is 4.99. The molecule has 3 N–H and O–H groups in total. The van der Waals surface area contributed by atoms with Gasteiger partial charge in [-0.05, 0) is 31.4 Å². The molecule has 0 unspecified atom stereocenters. The Bertz CT molecular complexity index is 608. The number of hydrogen-bond donors (Lipinski definition) is 2. The Labute approximate surface area is 123 Å². The maximum absolute atomic E-state index is 12.5. The van der Waals surface area contributed by atoms with Gasteiger partial charge in [0.2, 0.25) is 0 Å². The zero-order valence-corrected chi connectivity index (χ0v) is 13.0. The largest absolute Gasteiger partial charge is 0.396 e. The van der Waals surface area contributed by atoms with Crippen molar-refractivity contribution in [3.8, 4) is 0 Å². The number of fused-ring (bicyclic) bond motifs is 1. The summed E-state index contributed by atoms with van der Waals surface area (Å²) in [5.74, 6) is -0.0870. The number of amides is 1. The third kappa shape index (κ3) is 2.50. The first-order valence-corrected chi connectivity index (χ1v) is 7.84. The van der Waals surface area contributed by atoms with Crippen LogP contribution in [0.3, 0.4) is 0 Å². The van der Waals surface area contributed by atoms with Crippen molar-refractivity contribution in [3.63, 3.8) is 0 Å². The highest BCUT2D eigenvalue weighted by Crippen LogP contribution is 2.32. The summed E-state index contributed by atoms with van der Waals surface area (Å²) < 4.78 is 0.949. The molecular formula is C15H21N3OS. The van der Waals surface area contributed by atoms with Crippen molar-refractivity contribution in [2.75, 3.05) is 5.73 Å². The molecule has 0 atom stereocenters. The summed E-state index contributed by atoms with van der Waals surface area (Å²) in [6, 6.07) is 3.79. The summed E-state index contributed by atoms with van der Waals surface area (Å²) >= 11 is 1.40. The van der Waals surface area contributed by atoms with E-state index >= 15 is 0 Å². The van der Waals surface area contributed by atoms with Crippen molar-refractivity contribution in [1.82, 2.24) is 10.3 Å². The van der Waals surface area contributed by atoms with Gasteiger partial charge in [-0.3, -0.25) is 9.78 Å². The summed E-state index contributed by atoms with van der Waals surface area (Å²) in [6.45, 7) is 6.30. The summed E-state index contributed by atoms with van der Waals surface area (Å²) in [5.41, 5.74) is 7.13. The van der Waals surface area contributed by atoms with E-state index in [0.717, 1.165) is 29.5 Å². The van der Waals surface area contributed by atoms with Crippen molar-refractivity contribution in [3.05, 3.63) is 23.2 Å². The van der Waals surface area contributed by atoms with Gasteiger partial charge in [0.1, 0.15) is 10.4 Å². The summed E-state index contributed by atoms with van der Waals surface area (Å²) in [4.78, 5) is 17.3. The van der Waals surface area contributed by atoms with Crippen molar-refractivity contribution in [2.45, 2.75) is 45.6 Å². The Morgan fingerprint density at radius 1 is 1.35 bits per heavy atom. The lowest BCUT2D eigenvalue weighted by Gasteiger charge is -2.31. The average molecular weight is 291 g/mol. The van der Waals surface area contributed by atoms with Gasteiger partial charge < -0.3 is 11.1 Å². The first-order chi connectivity index (χ1) is 9.56. The van der Waals surface area contributed by atoms with Crippen LogP contribution in [0.15, 0.2) is 18.3 Å². The van der Waals surface area contributed by atoms with E-state index in [4.69, 9.17) is 5.73 Å². The van der Waals surface area contributed by atoms with E-state index in [-0.39, 0.29) is 11.4 Å². The van der Waals surface area contributed by atoms with Gasteiger partial charge in [0.05, 0.1) is 10.4 Å². The number of thiophene rings is 1. The molecule has 2 heterocycles. The normalized spacial score (nSPS) is 11.8. The SMILES string of the molecule is CCC(CC)(CC)NC(=O)c1sc2cccnc2c1N. The lowest BCUT2D eigenvalue weighted by Crippen LogP contribution is -2.47. The second kappa shape index (κ2) is 5.79. The number of anilines is 1. The first kappa shape index (κ1) is 14.8. The Balaban J connectivity index is 2.34. The molecule has 2 rings (SSSR count). The molecule has 0 fully saturated rings. The highest BCUT2D eigenvalue weighted by molar-refractivity contribution is 7.21. The Hall–Kier alpha value is -1.62. The number of carbonyl (C=O) groups excluding carboxylic acids is 1. The Kier molecular flexibility index (Phi) is 4.28. The maximum Gasteiger partial charge on any atom is 0.264 e. The Morgan fingerprint density at radius 2 is 2.00 bits per heavy atom. The number of carbonyl (C=O) groups is 1. The molecule has 0 aliphatic heterocycles. The Morgan fingerprint density at radius 3 is 2.55 bits per heavy atom. The molecular weight excluding hydrogens is 270 g/mol. The van der Waals surface area contributed by atoms with Gasteiger partial charge in [0, 0.05) is 11.7 Å². The number of nitrogens with one attached hydrogen (secondary N) is 1. The number of nitrogens with two attached hydrogens (primary N) is 1. The summed E-state index contributed by atoms with van der Waals surface area (Å²) in [7, 11) is 0. The molecule has 20 heavy (non-hydrogen) atoms. The molecule has 0 saturated heterocycles. The minimum atomic E-state index is -0.146. The van der Waals surface area contributed by atoms with Gasteiger partial charge >= 0.3 is 0 Å². The molecule has 0 aromatic carbocycles. The smallest absolute Gasteiger partial charge is 0.264 e. The molecule has 5 heteroatoms. The van der Waals surface area contributed by atoms with Gasteiger partial charge in [-0.25, -0.2) is 0 Å². The first-order valence-electron chi connectivity index (χ1n) is 7.02. The maximum atomic E-state index is 12.5. The van der Waals surface area contributed by atoms with Gasteiger partial charge in [-0.1, -0.05) is 20.8 Å². The summed E-state index contributed by atoms with van der Waals surface area (Å²) in [5, 5.41) is 3.16. The number of rotatable bonds is 5. The molecule has 0 aliphatic carbocycles. The van der Waals surface area contributed by atoms with Crippen molar-refractivity contribution in [2.24, 2.45) is 0 Å². The number of aromatic nitrogens is 1. The molecule has 0 radical (unpaired) electrons. The van der Waals surface area contributed by atoms with Crippen LogP contribution in [0, 0.1) is 0 Å². The van der Waals surface area contributed by atoms with Crippen LogP contribution < -0.4 is 11.1 Å². The van der Waals surface area contributed by atoms with Crippen molar-refractivity contribution in [1.29, 1.82) is 0 Å². The fourth-order valence-electron chi connectivity index (χ4n) is 2.43. The predicted octanol–water partition coefficient (Wildman–Crippen LogP) is 3.58. The van der Waals surface area contributed by atoms with Crippen LogP contribution in [0.5, 0.6) is 0 Å². The van der Waals surface area contributed by atoms with E-state index in [0.29, 0.717) is 10.6 Å². The number of nitrogen functional groups attached to an aromatic ring is 1. The average Bonchev–Trinajstić information content (AvgIpc) is 2.83. The van der Waals surface area contributed by atoms with Gasteiger partial charge in [-0.2, -0.15) is 0 Å². The number of nitrogens with zero attached hydrogens (tertiary/aromatic N) is 1. The second-order valence-corrected chi connectivity index (χ2v) is 6.04. The molecule has 0 saturated carbocycles. The van der Waals surface area contributed by atoms with Gasteiger partial charge in [0.25, 0.3) is 5.91 Å². The zero-order valence-electron chi connectivity index (χ0n) is 12.2. The van der Waals surface area contributed by atoms with E-state index in [2.05, 4.69) is 31.1 Å². The predicted molar refractivity (Wildman–Crippen MR) is 85.1 cm³/mol. The summed E-state index contributed by atoms with van der Waals surface area (Å²) in [6.07, 6.45) is 4.43. The van der Waals surface area contributed by atoms with Crippen molar-refractivity contribution >= 4 is 33.1 Å². The lowest BCUT2D eigenvalue weighted by molar-refractivity contribution is 0.0893. The van der Waals surface area contributed by atoms with E-state index in [9.17, 15) is 4.79 Å². The molecule has 108 valence electrons. The number of hydrogen-bond acceptors (Lipinski definition) is 4. The highest BCUT2D eigenvalue weighted by Gasteiger charge is 2.28. The van der Waals surface area contributed by atoms with Crippen molar-refractivity contribution < 1.29 is 4.79 Å². The van der Waals surface area contributed by atoms with Crippen LogP contribution in [0.2, 0.25) is 0 Å². The van der Waals surface area contributed by atoms with E-state index in [1.807, 2.05) is 12.1 Å². The topological polar surface area (TPSA) is 68.0 Å². The van der Waals surface area contributed by atoms with Gasteiger partial charge in [-0.15, -0.1) is 11.3 Å². The minimum Gasteiger partial charge on any atom is -0.396 e. The molecule has 4 nitrogen and oxygen atoms in total.